The van der Waals surface area contributed by atoms with Crippen LogP contribution in [-0.2, 0) is 6.54 Å². The van der Waals surface area contributed by atoms with Gasteiger partial charge in [-0.15, -0.1) is 0 Å². The van der Waals surface area contributed by atoms with Gasteiger partial charge >= 0.3 is 0 Å². The predicted molar refractivity (Wildman–Crippen MR) is 130 cm³/mol. The molecule has 2 fully saturated rings. The number of halogens is 2. The van der Waals surface area contributed by atoms with E-state index in [9.17, 15) is 14.0 Å². The number of hydrogen-bond donors (Lipinski definition) is 0. The molecule has 6 rings (SSSR count). The quantitative estimate of drug-likeness (QED) is 0.654. The summed E-state index contributed by atoms with van der Waals surface area (Å²) in [5.41, 5.74) is 3.51. The number of allylic oxidation sites excluding steroid dienone is 2. The Morgan fingerprint density at radius 1 is 1.03 bits per heavy atom. The third-order valence-electron chi connectivity index (χ3n) is 7.33. The van der Waals surface area contributed by atoms with E-state index in [1.54, 1.807) is 6.21 Å². The molecule has 178 valence electrons. The van der Waals surface area contributed by atoms with Crippen LogP contribution in [0.15, 0.2) is 59.5 Å². The standard InChI is InChI=1S/C27H26F2N6/c28-24-2-1-3-25(29)23(24)17-33-8-10-34(11-9-33)26-7-6-19(14-31-26)22-12-20(18-4-5-18)16-35-27(22)21(13-30)15-32-35/h1-3,6-7,12,14-16,18,21,27H,4-5,8-11,17H2. The van der Waals surface area contributed by atoms with Crippen molar-refractivity contribution in [1.29, 1.82) is 5.26 Å². The third-order valence-corrected chi connectivity index (χ3v) is 7.33. The molecule has 2 unspecified atom stereocenters. The van der Waals surface area contributed by atoms with Crippen LogP contribution in [-0.4, -0.2) is 53.3 Å². The van der Waals surface area contributed by atoms with E-state index in [1.165, 1.54) is 36.6 Å². The Morgan fingerprint density at radius 3 is 2.46 bits per heavy atom. The van der Waals surface area contributed by atoms with Crippen molar-refractivity contribution >= 4 is 17.6 Å². The van der Waals surface area contributed by atoms with Crippen molar-refractivity contribution in [3.63, 3.8) is 0 Å². The Bertz CT molecular complexity index is 1230. The van der Waals surface area contributed by atoms with Crippen LogP contribution < -0.4 is 4.90 Å². The summed E-state index contributed by atoms with van der Waals surface area (Å²) in [5, 5.41) is 16.0. The van der Waals surface area contributed by atoms with Crippen LogP contribution in [0.4, 0.5) is 14.6 Å². The number of anilines is 1. The minimum absolute atomic E-state index is 0.113. The van der Waals surface area contributed by atoms with E-state index in [0.717, 1.165) is 30.0 Å². The van der Waals surface area contributed by atoms with E-state index in [1.807, 2.05) is 17.3 Å². The Labute approximate surface area is 203 Å². The van der Waals surface area contributed by atoms with Crippen LogP contribution in [0.1, 0.15) is 24.0 Å². The highest BCUT2D eigenvalue weighted by atomic mass is 19.1. The predicted octanol–water partition coefficient (Wildman–Crippen LogP) is 4.18. The van der Waals surface area contributed by atoms with Crippen molar-refractivity contribution in [2.24, 2.45) is 16.9 Å². The summed E-state index contributed by atoms with van der Waals surface area (Å²) < 4.78 is 28.0. The van der Waals surface area contributed by atoms with Gasteiger partial charge < -0.3 is 4.90 Å². The number of hydrazone groups is 1. The lowest BCUT2D eigenvalue weighted by Crippen LogP contribution is -2.46. The van der Waals surface area contributed by atoms with Crippen LogP contribution in [0.5, 0.6) is 0 Å². The minimum Gasteiger partial charge on any atom is -0.354 e. The number of nitriles is 1. The van der Waals surface area contributed by atoms with E-state index in [-0.39, 0.29) is 24.1 Å². The molecular weight excluding hydrogens is 446 g/mol. The minimum atomic E-state index is -0.494. The second kappa shape index (κ2) is 8.90. The van der Waals surface area contributed by atoms with E-state index in [4.69, 9.17) is 4.98 Å². The highest BCUT2D eigenvalue weighted by molar-refractivity contribution is 5.81. The van der Waals surface area contributed by atoms with Gasteiger partial charge in [-0.25, -0.2) is 13.8 Å². The summed E-state index contributed by atoms with van der Waals surface area (Å²) in [5.74, 6) is 0.197. The first-order valence-electron chi connectivity index (χ1n) is 12.1. The Kier molecular flexibility index (Phi) is 5.57. The summed E-state index contributed by atoms with van der Waals surface area (Å²) >= 11 is 0. The number of nitrogens with zero attached hydrogens (tertiary/aromatic N) is 6. The van der Waals surface area contributed by atoms with E-state index >= 15 is 0 Å². The van der Waals surface area contributed by atoms with Crippen molar-refractivity contribution < 1.29 is 8.78 Å². The Hall–Kier alpha value is -3.57. The first kappa shape index (κ1) is 21.9. The number of benzene rings is 1. The van der Waals surface area contributed by atoms with E-state index in [0.29, 0.717) is 19.0 Å². The maximum absolute atomic E-state index is 14.0. The fraction of sp³-hybridized carbons (Fsp3) is 0.370. The maximum Gasteiger partial charge on any atom is 0.130 e. The van der Waals surface area contributed by atoms with Crippen LogP contribution in [0.2, 0.25) is 0 Å². The lowest BCUT2D eigenvalue weighted by atomic mass is 9.87. The highest BCUT2D eigenvalue weighted by Gasteiger charge is 2.39. The molecule has 3 aliphatic heterocycles. The SMILES string of the molecule is N#CC1C=NN2C=C(C3CC3)C=C(c3ccc(N4CCN(Cc5c(F)cccc5F)CC4)nc3)C12. The molecule has 4 aliphatic rings. The lowest BCUT2D eigenvalue weighted by Gasteiger charge is -2.35. The molecule has 6 nitrogen and oxygen atoms in total. The molecule has 2 aromatic rings. The van der Waals surface area contributed by atoms with E-state index < -0.39 is 11.6 Å². The van der Waals surface area contributed by atoms with Crippen molar-refractivity contribution in [2.75, 3.05) is 31.1 Å². The topological polar surface area (TPSA) is 58.8 Å². The number of rotatable bonds is 5. The monoisotopic (exact) mass is 472 g/mol. The molecule has 35 heavy (non-hydrogen) atoms. The zero-order valence-electron chi connectivity index (χ0n) is 19.3. The molecule has 0 radical (unpaired) electrons. The summed E-state index contributed by atoms with van der Waals surface area (Å²) in [6.07, 6.45) is 10.4. The van der Waals surface area contributed by atoms with Gasteiger partial charge in [-0.05, 0) is 59.7 Å². The fourth-order valence-corrected chi connectivity index (χ4v) is 5.16. The molecule has 0 spiro atoms. The zero-order chi connectivity index (χ0) is 23.9. The van der Waals surface area contributed by atoms with Gasteiger partial charge in [0.25, 0.3) is 0 Å². The number of aromatic nitrogens is 1. The Balaban J connectivity index is 1.15. The molecule has 1 aromatic carbocycles. The lowest BCUT2D eigenvalue weighted by molar-refractivity contribution is 0.242. The number of fused-ring (bicyclic) bond motifs is 1. The molecule has 1 saturated heterocycles. The highest BCUT2D eigenvalue weighted by Crippen LogP contribution is 2.44. The molecule has 0 amide bonds. The third kappa shape index (κ3) is 4.21. The molecule has 4 heterocycles. The van der Waals surface area contributed by atoms with E-state index in [2.05, 4.69) is 39.3 Å². The maximum atomic E-state index is 14.0. The number of pyridine rings is 1. The van der Waals surface area contributed by atoms with Gasteiger partial charge in [0.05, 0.1) is 12.1 Å². The second-order valence-electron chi connectivity index (χ2n) is 9.62. The first-order chi connectivity index (χ1) is 17.1. The van der Waals surface area contributed by atoms with Crippen LogP contribution in [0.3, 0.4) is 0 Å². The van der Waals surface area contributed by atoms with Crippen molar-refractivity contribution in [3.05, 3.63) is 77.1 Å². The molecule has 2 atom stereocenters. The van der Waals surface area contributed by atoms with Gasteiger partial charge in [-0.3, -0.25) is 9.91 Å². The molecular formula is C27H26F2N6. The fourth-order valence-electron chi connectivity index (χ4n) is 5.16. The summed E-state index contributed by atoms with van der Waals surface area (Å²) in [7, 11) is 0. The van der Waals surface area contributed by atoms with Crippen molar-refractivity contribution in [2.45, 2.75) is 25.4 Å². The van der Waals surface area contributed by atoms with Crippen LogP contribution in [0.25, 0.3) is 5.57 Å². The normalized spacial score (nSPS) is 24.1. The largest absolute Gasteiger partial charge is 0.354 e. The number of piperazine rings is 1. The molecule has 8 heteroatoms. The summed E-state index contributed by atoms with van der Waals surface area (Å²) in [6.45, 7) is 3.15. The number of hydrogen-bond acceptors (Lipinski definition) is 6. The zero-order valence-corrected chi connectivity index (χ0v) is 19.3. The smallest absolute Gasteiger partial charge is 0.130 e. The van der Waals surface area contributed by atoms with Crippen LogP contribution >= 0.6 is 0 Å². The van der Waals surface area contributed by atoms with Crippen molar-refractivity contribution in [3.8, 4) is 6.07 Å². The summed E-state index contributed by atoms with van der Waals surface area (Å²) in [6, 6.07) is 10.4. The molecule has 1 aliphatic carbocycles. The molecule has 0 bridgehead atoms. The molecule has 0 N–H and O–H groups in total. The van der Waals surface area contributed by atoms with Gasteiger partial charge in [-0.1, -0.05) is 12.1 Å². The second-order valence-corrected chi connectivity index (χ2v) is 9.62. The van der Waals surface area contributed by atoms with Crippen molar-refractivity contribution in [1.82, 2.24) is 14.9 Å². The van der Waals surface area contributed by atoms with Gasteiger partial charge in [0, 0.05) is 56.9 Å². The molecule has 1 aromatic heterocycles. The first-order valence-corrected chi connectivity index (χ1v) is 12.1. The average molecular weight is 473 g/mol. The van der Waals surface area contributed by atoms with Crippen LogP contribution in [0, 0.1) is 34.8 Å². The van der Waals surface area contributed by atoms with Gasteiger partial charge in [0.1, 0.15) is 23.4 Å². The average Bonchev–Trinajstić information content (AvgIpc) is 3.66. The van der Waals surface area contributed by atoms with Gasteiger partial charge in [0.15, 0.2) is 0 Å². The molecule has 1 saturated carbocycles. The van der Waals surface area contributed by atoms with Gasteiger partial charge in [0.2, 0.25) is 0 Å². The van der Waals surface area contributed by atoms with Gasteiger partial charge in [-0.2, -0.15) is 10.4 Å². The Morgan fingerprint density at radius 2 is 1.80 bits per heavy atom. The summed E-state index contributed by atoms with van der Waals surface area (Å²) in [4.78, 5) is 9.02.